The lowest BCUT2D eigenvalue weighted by Crippen LogP contribution is -2.26. The average molecular weight is 341 g/mol. The molecule has 0 saturated heterocycles. The third kappa shape index (κ3) is 3.04. The van der Waals surface area contributed by atoms with E-state index in [4.69, 9.17) is 0 Å². The fourth-order valence-electron chi connectivity index (χ4n) is 1.32. The Kier molecular flexibility index (Phi) is 5.08. The normalized spacial score (nSPS) is 12.0. The highest BCUT2D eigenvalue weighted by Crippen LogP contribution is 2.31. The molecule has 0 fully saturated rings. The van der Waals surface area contributed by atoms with E-state index < -0.39 is 0 Å². The predicted octanol–water partition coefficient (Wildman–Crippen LogP) is 4.18. The Labute approximate surface area is 107 Å². The molecule has 14 heavy (non-hydrogen) atoms. The summed E-state index contributed by atoms with van der Waals surface area (Å²) < 4.78 is 0. The van der Waals surface area contributed by atoms with E-state index in [-0.39, 0.29) is 0 Å². The van der Waals surface area contributed by atoms with Gasteiger partial charge in [-0.2, -0.15) is 0 Å². The fraction of sp³-hybridized carbons (Fsp3) is 0.700. The van der Waals surface area contributed by atoms with Crippen LogP contribution in [0.3, 0.4) is 0 Å². The van der Waals surface area contributed by atoms with Crippen molar-refractivity contribution in [2.75, 3.05) is 10.7 Å². The summed E-state index contributed by atoms with van der Waals surface area (Å²) in [5, 5.41) is 5.39. The molecule has 1 nitrogen and oxygen atoms in total. The molecule has 1 heterocycles. The van der Waals surface area contributed by atoms with Crippen LogP contribution in [0.25, 0.3) is 0 Å². The molecule has 0 N–H and O–H groups in total. The molecule has 0 unspecified atom stereocenters. The molecule has 0 atom stereocenters. The lowest BCUT2D eigenvalue weighted by Gasteiger charge is -2.27. The minimum absolute atomic E-state index is 0.320. The Hall–Kier alpha value is 0.590. The molecule has 0 aliphatic rings. The third-order valence-electron chi connectivity index (χ3n) is 2.54. The van der Waals surface area contributed by atoms with Crippen molar-refractivity contribution in [1.82, 2.24) is 4.98 Å². The molecular weight excluding hydrogens is 326 g/mol. The van der Waals surface area contributed by atoms with E-state index in [2.05, 4.69) is 56.1 Å². The van der Waals surface area contributed by atoms with Gasteiger partial charge in [-0.15, -0.1) is 11.3 Å². The molecule has 1 aromatic heterocycles. The van der Waals surface area contributed by atoms with Crippen molar-refractivity contribution >= 4 is 43.2 Å². The van der Waals surface area contributed by atoms with Crippen LogP contribution in [0.15, 0.2) is 5.38 Å². The van der Waals surface area contributed by atoms with Gasteiger partial charge in [-0.3, -0.25) is 0 Å². The van der Waals surface area contributed by atoms with Gasteiger partial charge in [0.15, 0.2) is 0 Å². The van der Waals surface area contributed by atoms with Crippen LogP contribution in [0.1, 0.15) is 24.0 Å². The van der Waals surface area contributed by atoms with Gasteiger partial charge in [0.1, 0.15) is 0 Å². The van der Waals surface area contributed by atoms with Gasteiger partial charge in [0.25, 0.3) is 0 Å². The second kappa shape index (κ2) is 5.61. The Balaban J connectivity index is 2.73. The van der Waals surface area contributed by atoms with Crippen LogP contribution in [0.2, 0.25) is 0 Å². The second-order valence-electron chi connectivity index (χ2n) is 3.66. The Bertz CT molecular complexity index is 273. The highest BCUT2D eigenvalue weighted by atomic mass is 79.9. The zero-order valence-corrected chi connectivity index (χ0v) is 12.5. The number of nitrogens with zero attached hydrogens (tertiary/aromatic N) is 1. The standard InChI is InChI=1S/C10H15Br2NS/c1-3-10(6-11,7-12)4-9-5-14-8(2)13-9/h5H,3-4,6-7H2,1-2H3. The van der Waals surface area contributed by atoms with Crippen molar-refractivity contribution in [2.45, 2.75) is 26.7 Å². The van der Waals surface area contributed by atoms with Gasteiger partial charge in [0, 0.05) is 16.0 Å². The van der Waals surface area contributed by atoms with E-state index in [0.717, 1.165) is 22.1 Å². The fourth-order valence-corrected chi connectivity index (χ4v) is 4.05. The van der Waals surface area contributed by atoms with Crippen molar-refractivity contribution in [2.24, 2.45) is 5.41 Å². The molecule has 0 spiro atoms. The van der Waals surface area contributed by atoms with Crippen LogP contribution in [-0.4, -0.2) is 15.6 Å². The number of aryl methyl sites for hydroxylation is 1. The van der Waals surface area contributed by atoms with E-state index in [9.17, 15) is 0 Å². The Morgan fingerprint density at radius 1 is 1.43 bits per heavy atom. The summed E-state index contributed by atoms with van der Waals surface area (Å²) >= 11 is 8.94. The number of alkyl halides is 2. The molecule has 0 saturated carbocycles. The van der Waals surface area contributed by atoms with E-state index in [1.165, 1.54) is 12.1 Å². The van der Waals surface area contributed by atoms with Gasteiger partial charge in [-0.25, -0.2) is 4.98 Å². The Morgan fingerprint density at radius 2 is 2.07 bits per heavy atom. The van der Waals surface area contributed by atoms with Crippen LogP contribution in [-0.2, 0) is 6.42 Å². The summed E-state index contributed by atoms with van der Waals surface area (Å²) in [5.41, 5.74) is 1.55. The highest BCUT2D eigenvalue weighted by Gasteiger charge is 2.26. The summed E-state index contributed by atoms with van der Waals surface area (Å²) in [7, 11) is 0. The first kappa shape index (κ1) is 12.7. The zero-order chi connectivity index (χ0) is 10.6. The molecule has 0 aliphatic heterocycles. The molecule has 0 aliphatic carbocycles. The molecule has 0 radical (unpaired) electrons. The molecule has 0 amide bonds. The molecule has 0 aromatic carbocycles. The van der Waals surface area contributed by atoms with Crippen molar-refractivity contribution in [3.63, 3.8) is 0 Å². The van der Waals surface area contributed by atoms with Crippen LogP contribution >= 0.6 is 43.2 Å². The highest BCUT2D eigenvalue weighted by molar-refractivity contribution is 9.09. The SMILES string of the molecule is CCC(CBr)(CBr)Cc1csc(C)n1. The molecule has 4 heteroatoms. The molecule has 0 bridgehead atoms. The maximum Gasteiger partial charge on any atom is 0.0897 e. The monoisotopic (exact) mass is 339 g/mol. The summed E-state index contributed by atoms with van der Waals surface area (Å²) in [6.07, 6.45) is 2.23. The second-order valence-corrected chi connectivity index (χ2v) is 5.84. The summed E-state index contributed by atoms with van der Waals surface area (Å²) in [4.78, 5) is 4.52. The number of rotatable bonds is 5. The number of hydrogen-bond donors (Lipinski definition) is 0. The van der Waals surface area contributed by atoms with Crippen LogP contribution in [0, 0.1) is 12.3 Å². The van der Waals surface area contributed by atoms with Gasteiger partial charge in [-0.05, 0) is 25.2 Å². The molecular formula is C10H15Br2NS. The van der Waals surface area contributed by atoms with Crippen LogP contribution < -0.4 is 0 Å². The third-order valence-corrected chi connectivity index (χ3v) is 5.74. The van der Waals surface area contributed by atoms with Crippen molar-refractivity contribution < 1.29 is 0 Å². The number of hydrogen-bond acceptors (Lipinski definition) is 2. The van der Waals surface area contributed by atoms with E-state index >= 15 is 0 Å². The maximum absolute atomic E-state index is 4.52. The van der Waals surface area contributed by atoms with Gasteiger partial charge in [0.2, 0.25) is 0 Å². The summed E-state index contributed by atoms with van der Waals surface area (Å²) in [5.74, 6) is 0. The predicted molar refractivity (Wildman–Crippen MR) is 70.9 cm³/mol. The van der Waals surface area contributed by atoms with Gasteiger partial charge in [0.05, 0.1) is 10.7 Å². The first-order chi connectivity index (χ1) is 6.65. The van der Waals surface area contributed by atoms with Crippen molar-refractivity contribution in [3.05, 3.63) is 16.1 Å². The summed E-state index contributed by atoms with van der Waals surface area (Å²) in [6, 6.07) is 0. The van der Waals surface area contributed by atoms with Crippen molar-refractivity contribution in [3.8, 4) is 0 Å². The minimum Gasteiger partial charge on any atom is -0.247 e. The van der Waals surface area contributed by atoms with Gasteiger partial charge in [-0.1, -0.05) is 38.8 Å². The smallest absolute Gasteiger partial charge is 0.0897 e. The van der Waals surface area contributed by atoms with Crippen molar-refractivity contribution in [1.29, 1.82) is 0 Å². The molecule has 1 rings (SSSR count). The first-order valence-corrected chi connectivity index (χ1v) is 7.81. The summed E-state index contributed by atoms with van der Waals surface area (Å²) in [6.45, 7) is 4.30. The van der Waals surface area contributed by atoms with Crippen LogP contribution in [0.4, 0.5) is 0 Å². The quantitative estimate of drug-likeness (QED) is 0.733. The van der Waals surface area contributed by atoms with E-state index in [1.54, 1.807) is 11.3 Å². The molecule has 1 aromatic rings. The Morgan fingerprint density at radius 3 is 2.43 bits per heavy atom. The minimum atomic E-state index is 0.320. The number of thiazole rings is 1. The lowest BCUT2D eigenvalue weighted by molar-refractivity contribution is 0.370. The zero-order valence-electron chi connectivity index (χ0n) is 8.52. The van der Waals surface area contributed by atoms with Gasteiger partial charge >= 0.3 is 0 Å². The largest absolute Gasteiger partial charge is 0.247 e. The van der Waals surface area contributed by atoms with Gasteiger partial charge < -0.3 is 0 Å². The topological polar surface area (TPSA) is 12.9 Å². The number of halogens is 2. The van der Waals surface area contributed by atoms with E-state index in [1.807, 2.05) is 0 Å². The average Bonchev–Trinajstić information content (AvgIpc) is 2.61. The number of aromatic nitrogens is 1. The first-order valence-electron chi connectivity index (χ1n) is 4.69. The molecule has 80 valence electrons. The maximum atomic E-state index is 4.52. The van der Waals surface area contributed by atoms with E-state index in [0.29, 0.717) is 5.41 Å². The van der Waals surface area contributed by atoms with Crippen LogP contribution in [0.5, 0.6) is 0 Å². The lowest BCUT2D eigenvalue weighted by atomic mass is 9.85.